The molecule has 0 spiro atoms. The summed E-state index contributed by atoms with van der Waals surface area (Å²) in [4.78, 5) is 7.57. The first-order valence-electron chi connectivity index (χ1n) is 4.32. The topological polar surface area (TPSA) is 51.0 Å². The van der Waals surface area contributed by atoms with Crippen LogP contribution in [0.25, 0.3) is 0 Å². The molecule has 2 rings (SSSR count). The van der Waals surface area contributed by atoms with Crippen LogP contribution in [0.1, 0.15) is 0 Å². The lowest BCUT2D eigenvalue weighted by atomic mass is 10.4. The van der Waals surface area contributed by atoms with Crippen molar-refractivity contribution in [3.05, 3.63) is 30.2 Å². The van der Waals surface area contributed by atoms with E-state index in [1.807, 2.05) is 0 Å². The largest absolute Gasteiger partial charge is 0.440 e. The molecule has 0 amide bonds. The molecule has 0 unspecified atom stereocenters. The molecule has 2 aromatic heterocycles. The van der Waals surface area contributed by atoms with Crippen LogP contribution >= 0.6 is 11.8 Å². The van der Waals surface area contributed by atoms with Gasteiger partial charge in [0.05, 0.1) is 6.20 Å². The molecule has 4 nitrogen and oxygen atoms in total. The zero-order valence-electron chi connectivity index (χ0n) is 8.20. The number of halogens is 2. The zero-order chi connectivity index (χ0) is 11.5. The Balaban J connectivity index is 2.33. The first kappa shape index (κ1) is 10.9. The Labute approximate surface area is 94.1 Å². The number of nitrogens with one attached hydrogen (secondary N) is 1. The number of hydrogen-bond donors (Lipinski definition) is 1. The highest BCUT2D eigenvalue weighted by atomic mass is 32.2. The van der Waals surface area contributed by atoms with E-state index in [2.05, 4.69) is 15.3 Å². The average Bonchev–Trinajstić information content (AvgIpc) is 2.75. The zero-order valence-corrected chi connectivity index (χ0v) is 9.02. The van der Waals surface area contributed by atoms with E-state index in [1.54, 1.807) is 0 Å². The van der Waals surface area contributed by atoms with Crippen LogP contribution in [0.4, 0.5) is 14.6 Å². The molecule has 7 heteroatoms. The van der Waals surface area contributed by atoms with Crippen molar-refractivity contribution in [1.82, 2.24) is 9.97 Å². The van der Waals surface area contributed by atoms with Gasteiger partial charge in [0.25, 0.3) is 5.22 Å². The van der Waals surface area contributed by atoms with Gasteiger partial charge >= 0.3 is 0 Å². The third-order valence-electron chi connectivity index (χ3n) is 1.73. The van der Waals surface area contributed by atoms with Gasteiger partial charge in [0.1, 0.15) is 11.3 Å². The molecule has 1 N–H and O–H groups in total. The molecular formula is C9H7F2N3OS. The van der Waals surface area contributed by atoms with Gasteiger partial charge in [0.15, 0.2) is 17.5 Å². The van der Waals surface area contributed by atoms with Crippen LogP contribution in [0.5, 0.6) is 0 Å². The predicted octanol–water partition coefficient (Wildman–Crippen LogP) is 2.54. The Kier molecular flexibility index (Phi) is 3.04. The van der Waals surface area contributed by atoms with E-state index < -0.39 is 11.6 Å². The van der Waals surface area contributed by atoms with Crippen molar-refractivity contribution < 1.29 is 13.2 Å². The minimum absolute atomic E-state index is 0.00759. The third kappa shape index (κ3) is 2.13. The monoisotopic (exact) mass is 243 g/mol. The van der Waals surface area contributed by atoms with E-state index >= 15 is 0 Å². The summed E-state index contributed by atoms with van der Waals surface area (Å²) in [5, 5.41) is 2.78. The minimum atomic E-state index is -0.750. The molecule has 16 heavy (non-hydrogen) atoms. The molecule has 0 bridgehead atoms. The molecule has 0 aliphatic rings. The lowest BCUT2D eigenvalue weighted by Gasteiger charge is -2.04. The van der Waals surface area contributed by atoms with E-state index in [9.17, 15) is 8.78 Å². The van der Waals surface area contributed by atoms with Gasteiger partial charge in [0.2, 0.25) is 0 Å². The first-order valence-corrected chi connectivity index (χ1v) is 5.13. The molecule has 2 aromatic rings. The summed E-state index contributed by atoms with van der Waals surface area (Å²) in [6, 6.07) is 0.768. The third-order valence-corrected chi connectivity index (χ3v) is 2.58. The van der Waals surface area contributed by atoms with Gasteiger partial charge < -0.3 is 9.73 Å². The molecule has 0 aliphatic carbocycles. The fourth-order valence-electron chi connectivity index (χ4n) is 1.04. The summed E-state index contributed by atoms with van der Waals surface area (Å²) < 4.78 is 31.4. The summed E-state index contributed by atoms with van der Waals surface area (Å²) in [5.74, 6) is -1.51. The maximum absolute atomic E-state index is 13.3. The lowest BCUT2D eigenvalue weighted by molar-refractivity contribution is 0.452. The van der Waals surface area contributed by atoms with E-state index in [0.717, 1.165) is 17.8 Å². The van der Waals surface area contributed by atoms with Crippen molar-refractivity contribution in [1.29, 1.82) is 0 Å². The molecule has 0 aliphatic heterocycles. The molecule has 0 radical (unpaired) electrons. The average molecular weight is 243 g/mol. The Hall–Kier alpha value is -1.63. The molecule has 84 valence electrons. The Bertz CT molecular complexity index is 490. The predicted molar refractivity (Wildman–Crippen MR) is 54.3 cm³/mol. The second-order valence-corrected chi connectivity index (χ2v) is 3.70. The lowest BCUT2D eigenvalue weighted by Crippen LogP contribution is -1.99. The molecular weight excluding hydrogens is 236 g/mol. The van der Waals surface area contributed by atoms with Gasteiger partial charge in [-0.25, -0.2) is 18.7 Å². The highest BCUT2D eigenvalue weighted by Gasteiger charge is 2.13. The summed E-state index contributed by atoms with van der Waals surface area (Å²) in [5.41, 5.74) is 0. The van der Waals surface area contributed by atoms with E-state index in [4.69, 9.17) is 4.42 Å². The van der Waals surface area contributed by atoms with Gasteiger partial charge in [-0.15, -0.1) is 0 Å². The fourth-order valence-corrected chi connectivity index (χ4v) is 1.72. The van der Waals surface area contributed by atoms with Crippen molar-refractivity contribution in [3.8, 4) is 0 Å². The van der Waals surface area contributed by atoms with Crippen LogP contribution in [-0.2, 0) is 0 Å². The fraction of sp³-hybridized carbons (Fsp3) is 0.111. The van der Waals surface area contributed by atoms with Crippen LogP contribution < -0.4 is 5.32 Å². The van der Waals surface area contributed by atoms with Gasteiger partial charge in [-0.1, -0.05) is 0 Å². The number of pyridine rings is 1. The number of hydrogen-bond acceptors (Lipinski definition) is 5. The van der Waals surface area contributed by atoms with Crippen molar-refractivity contribution in [2.24, 2.45) is 0 Å². The number of aromatic nitrogens is 2. The highest BCUT2D eigenvalue weighted by Crippen LogP contribution is 2.28. The summed E-state index contributed by atoms with van der Waals surface area (Å²) >= 11 is 0.889. The molecule has 0 aromatic carbocycles. The quantitative estimate of drug-likeness (QED) is 0.897. The molecule has 2 heterocycles. The van der Waals surface area contributed by atoms with E-state index in [-0.39, 0.29) is 16.1 Å². The molecule has 0 saturated heterocycles. The summed E-state index contributed by atoms with van der Waals surface area (Å²) in [7, 11) is 1.50. The van der Waals surface area contributed by atoms with Crippen LogP contribution in [0.15, 0.2) is 33.2 Å². The van der Waals surface area contributed by atoms with Gasteiger partial charge in [-0.2, -0.15) is 0 Å². The van der Waals surface area contributed by atoms with Crippen molar-refractivity contribution >= 4 is 17.6 Å². The standard InChI is InChI=1S/C9H7F2N3OS/c1-12-7-5(10)4-6(11)8(14-7)16-9-13-2-3-15-9/h2-4H,1H3,(H,12,14). The smallest absolute Gasteiger partial charge is 0.262 e. The van der Waals surface area contributed by atoms with Crippen LogP contribution in [-0.4, -0.2) is 17.0 Å². The van der Waals surface area contributed by atoms with Crippen molar-refractivity contribution in [3.63, 3.8) is 0 Å². The van der Waals surface area contributed by atoms with Gasteiger partial charge in [-0.05, 0) is 11.8 Å². The second kappa shape index (κ2) is 4.48. The highest BCUT2D eigenvalue weighted by molar-refractivity contribution is 7.99. The molecule has 0 saturated carbocycles. The van der Waals surface area contributed by atoms with Crippen LogP contribution in [0, 0.1) is 11.6 Å². The van der Waals surface area contributed by atoms with Crippen LogP contribution in [0.3, 0.4) is 0 Å². The second-order valence-electron chi connectivity index (χ2n) is 2.76. The Morgan fingerprint density at radius 2 is 2.19 bits per heavy atom. The van der Waals surface area contributed by atoms with Gasteiger partial charge in [0, 0.05) is 13.1 Å². The SMILES string of the molecule is CNc1nc(Sc2ncco2)c(F)cc1F. The molecule has 0 atom stereocenters. The minimum Gasteiger partial charge on any atom is -0.440 e. The van der Waals surface area contributed by atoms with E-state index in [1.165, 1.54) is 19.5 Å². The van der Waals surface area contributed by atoms with Crippen LogP contribution in [0.2, 0.25) is 0 Å². The Morgan fingerprint density at radius 3 is 2.81 bits per heavy atom. The summed E-state index contributed by atoms with van der Waals surface area (Å²) in [6.45, 7) is 0. The summed E-state index contributed by atoms with van der Waals surface area (Å²) in [6.07, 6.45) is 2.80. The number of oxazole rings is 1. The molecule has 0 fully saturated rings. The van der Waals surface area contributed by atoms with Gasteiger partial charge in [-0.3, -0.25) is 0 Å². The first-order chi connectivity index (χ1) is 7.70. The van der Waals surface area contributed by atoms with Crippen molar-refractivity contribution in [2.75, 3.05) is 12.4 Å². The van der Waals surface area contributed by atoms with Crippen molar-refractivity contribution in [2.45, 2.75) is 10.2 Å². The van der Waals surface area contributed by atoms with E-state index in [0.29, 0.717) is 0 Å². The maximum atomic E-state index is 13.3. The number of nitrogens with zero attached hydrogens (tertiary/aromatic N) is 2. The maximum Gasteiger partial charge on any atom is 0.262 e. The number of rotatable bonds is 3. The Morgan fingerprint density at radius 1 is 1.38 bits per heavy atom. The normalized spacial score (nSPS) is 10.4. The number of anilines is 1.